The number of ether oxygens (including phenoxy) is 1. The molecule has 1 N–H and O–H groups in total. The summed E-state index contributed by atoms with van der Waals surface area (Å²) >= 11 is 0. The summed E-state index contributed by atoms with van der Waals surface area (Å²) in [5.74, 6) is -0.599. The van der Waals surface area contributed by atoms with Crippen LogP contribution < -0.4 is 0 Å². The summed E-state index contributed by atoms with van der Waals surface area (Å²) in [6.07, 6.45) is 7.30. The van der Waals surface area contributed by atoms with Crippen LogP contribution in [-0.4, -0.2) is 53.3 Å². The number of benzene rings is 2. The number of carbonyl (C=O) groups is 1. The molecule has 5 nitrogen and oxygen atoms in total. The van der Waals surface area contributed by atoms with E-state index >= 15 is 0 Å². The van der Waals surface area contributed by atoms with Crippen molar-refractivity contribution in [3.8, 4) is 0 Å². The Morgan fingerprint density at radius 3 is 2.15 bits per heavy atom. The minimum Gasteiger partial charge on any atom is -0.459 e. The molecule has 0 saturated carbocycles. The first-order valence-electron chi connectivity index (χ1n) is 11.8. The number of piperidine rings is 1. The summed E-state index contributed by atoms with van der Waals surface area (Å²) in [5.41, 5.74) is 0.497. The van der Waals surface area contributed by atoms with Crippen LogP contribution in [0.3, 0.4) is 0 Å². The van der Waals surface area contributed by atoms with Gasteiger partial charge in [0.15, 0.2) is 0 Å². The number of quaternary nitrogens is 1. The van der Waals surface area contributed by atoms with E-state index in [2.05, 4.69) is 18.1 Å². The molecule has 0 aliphatic carbocycles. The molecule has 2 aromatic carbocycles. The Balaban J connectivity index is 1.37. The van der Waals surface area contributed by atoms with Crippen molar-refractivity contribution in [3.63, 3.8) is 0 Å². The summed E-state index contributed by atoms with van der Waals surface area (Å²) in [6.45, 7) is 3.01. The summed E-state index contributed by atoms with van der Waals surface area (Å²) in [5, 5.41) is 11.6. The normalized spacial score (nSPS) is 20.8. The molecule has 0 spiro atoms. The van der Waals surface area contributed by atoms with Crippen molar-refractivity contribution in [2.24, 2.45) is 0 Å². The fourth-order valence-electron chi connectivity index (χ4n) is 4.72. The first-order chi connectivity index (χ1) is 16.0. The van der Waals surface area contributed by atoms with Gasteiger partial charge in [-0.25, -0.2) is 4.79 Å². The molecule has 4 rings (SSSR count). The molecule has 33 heavy (non-hydrogen) atoms. The van der Waals surface area contributed by atoms with Gasteiger partial charge in [-0.3, -0.25) is 4.98 Å². The number of nitrogens with zero attached hydrogens (tertiary/aromatic N) is 2. The Labute approximate surface area is 196 Å². The molecular formula is C28H33N2O3+. The average molecular weight is 446 g/mol. The van der Waals surface area contributed by atoms with E-state index in [1.165, 1.54) is 5.56 Å². The molecule has 5 heteroatoms. The molecule has 1 aromatic heterocycles. The molecule has 0 amide bonds. The second-order valence-corrected chi connectivity index (χ2v) is 9.30. The number of carbonyl (C=O) groups excluding carboxylic acids is 1. The third-order valence-corrected chi connectivity index (χ3v) is 6.82. The lowest BCUT2D eigenvalue weighted by Gasteiger charge is -2.41. The summed E-state index contributed by atoms with van der Waals surface area (Å²) < 4.78 is 6.91. The van der Waals surface area contributed by atoms with Gasteiger partial charge < -0.3 is 14.3 Å². The Kier molecular flexibility index (Phi) is 7.21. The predicted octanol–water partition coefficient (Wildman–Crippen LogP) is 4.10. The maximum absolute atomic E-state index is 13.3. The van der Waals surface area contributed by atoms with Gasteiger partial charge in [-0.05, 0) is 29.2 Å². The fraction of sp³-hybridized carbons (Fsp3) is 0.357. The van der Waals surface area contributed by atoms with Gasteiger partial charge >= 0.3 is 5.97 Å². The molecule has 172 valence electrons. The maximum atomic E-state index is 13.3. The minimum absolute atomic E-state index is 0.180. The van der Waals surface area contributed by atoms with Crippen LogP contribution in [0.25, 0.3) is 0 Å². The highest BCUT2D eigenvalue weighted by Crippen LogP contribution is 2.32. The Morgan fingerprint density at radius 1 is 1.00 bits per heavy atom. The molecule has 0 bridgehead atoms. The lowest BCUT2D eigenvalue weighted by Crippen LogP contribution is -2.52. The number of hydrogen-bond acceptors (Lipinski definition) is 4. The molecule has 2 heterocycles. The number of aromatic nitrogens is 1. The largest absolute Gasteiger partial charge is 0.459 e. The summed E-state index contributed by atoms with van der Waals surface area (Å²) in [4.78, 5) is 17.5. The highest BCUT2D eigenvalue weighted by molar-refractivity contribution is 5.85. The lowest BCUT2D eigenvalue weighted by atomic mass is 9.86. The van der Waals surface area contributed by atoms with Crippen LogP contribution in [0.1, 0.15) is 36.0 Å². The molecule has 0 radical (unpaired) electrons. The number of aryl methyl sites for hydroxylation is 1. The van der Waals surface area contributed by atoms with Crippen molar-refractivity contribution in [2.45, 2.75) is 37.4 Å². The van der Waals surface area contributed by atoms with E-state index in [-0.39, 0.29) is 6.10 Å². The van der Waals surface area contributed by atoms with E-state index in [1.807, 2.05) is 48.7 Å². The van der Waals surface area contributed by atoms with Gasteiger partial charge in [0.2, 0.25) is 5.60 Å². The van der Waals surface area contributed by atoms with Crippen molar-refractivity contribution in [1.82, 2.24) is 4.98 Å². The van der Waals surface area contributed by atoms with E-state index in [0.29, 0.717) is 11.1 Å². The molecule has 1 fully saturated rings. The van der Waals surface area contributed by atoms with Gasteiger partial charge in [0.05, 0.1) is 26.7 Å². The number of hydrogen-bond donors (Lipinski definition) is 1. The highest BCUT2D eigenvalue weighted by atomic mass is 16.6. The molecule has 3 aromatic rings. The van der Waals surface area contributed by atoms with E-state index < -0.39 is 11.6 Å². The summed E-state index contributed by atoms with van der Waals surface area (Å²) in [7, 11) is 2.28. The minimum atomic E-state index is -1.82. The van der Waals surface area contributed by atoms with Gasteiger partial charge in [-0.1, -0.05) is 66.7 Å². The van der Waals surface area contributed by atoms with Crippen molar-refractivity contribution in [3.05, 3.63) is 102 Å². The SMILES string of the molecule is C[N+]1(CCCc2cccnc2)CCC(OC(=O)C(O)(c2ccccc2)c2ccccc2)CC1. The van der Waals surface area contributed by atoms with Crippen molar-refractivity contribution < 1.29 is 19.1 Å². The number of pyridine rings is 1. The van der Waals surface area contributed by atoms with Crippen molar-refractivity contribution in [2.75, 3.05) is 26.7 Å². The average Bonchev–Trinajstić information content (AvgIpc) is 2.87. The molecule has 0 unspecified atom stereocenters. The molecular weight excluding hydrogens is 412 g/mol. The monoisotopic (exact) mass is 445 g/mol. The third-order valence-electron chi connectivity index (χ3n) is 6.82. The second kappa shape index (κ2) is 10.3. The van der Waals surface area contributed by atoms with E-state index in [4.69, 9.17) is 4.74 Å². The Morgan fingerprint density at radius 2 is 1.61 bits per heavy atom. The number of esters is 1. The van der Waals surface area contributed by atoms with E-state index in [9.17, 15) is 9.90 Å². The van der Waals surface area contributed by atoms with Crippen molar-refractivity contribution >= 4 is 5.97 Å². The van der Waals surface area contributed by atoms with Gasteiger partial charge in [0.1, 0.15) is 6.10 Å². The zero-order valence-corrected chi connectivity index (χ0v) is 19.3. The smallest absolute Gasteiger partial charge is 0.347 e. The molecule has 1 saturated heterocycles. The van der Waals surface area contributed by atoms with Gasteiger partial charge in [-0.15, -0.1) is 0 Å². The zero-order valence-electron chi connectivity index (χ0n) is 19.3. The van der Waals surface area contributed by atoms with Crippen molar-refractivity contribution in [1.29, 1.82) is 0 Å². The van der Waals surface area contributed by atoms with Crippen LogP contribution in [0, 0.1) is 0 Å². The zero-order chi connectivity index (χ0) is 23.2. The van der Waals surface area contributed by atoms with Crippen LogP contribution in [0.2, 0.25) is 0 Å². The molecule has 1 aliphatic rings. The maximum Gasteiger partial charge on any atom is 0.347 e. The second-order valence-electron chi connectivity index (χ2n) is 9.30. The van der Waals surface area contributed by atoms with Gasteiger partial charge in [0, 0.05) is 31.7 Å². The van der Waals surface area contributed by atoms with E-state index in [1.54, 1.807) is 30.5 Å². The Hall–Kier alpha value is -3.02. The quantitative estimate of drug-likeness (QED) is 0.419. The molecule has 0 atom stereocenters. The van der Waals surface area contributed by atoms with Crippen LogP contribution in [0.4, 0.5) is 0 Å². The highest BCUT2D eigenvalue weighted by Gasteiger charge is 2.43. The number of likely N-dealkylation sites (tertiary alicyclic amines) is 1. The first-order valence-corrected chi connectivity index (χ1v) is 11.8. The topological polar surface area (TPSA) is 59.4 Å². The van der Waals surface area contributed by atoms with Crippen LogP contribution >= 0.6 is 0 Å². The predicted molar refractivity (Wildman–Crippen MR) is 128 cm³/mol. The van der Waals surface area contributed by atoms with Gasteiger partial charge in [-0.2, -0.15) is 0 Å². The summed E-state index contributed by atoms with van der Waals surface area (Å²) in [6, 6.07) is 22.2. The standard InChI is InChI=1S/C28H33N2O3/c1-30(19-9-11-23-10-8-18-29-22-23)20-16-26(17-21-30)33-27(31)28(32,24-12-4-2-5-13-24)25-14-6-3-7-15-25/h2-8,10,12-15,18,22,26,32H,9,11,16-17,19-21H2,1H3/q+1. The van der Waals surface area contributed by atoms with Crippen LogP contribution in [0.15, 0.2) is 85.2 Å². The lowest BCUT2D eigenvalue weighted by molar-refractivity contribution is -0.915. The Bertz CT molecular complexity index is 977. The van der Waals surface area contributed by atoms with E-state index in [0.717, 1.165) is 49.8 Å². The van der Waals surface area contributed by atoms with Crippen LogP contribution in [-0.2, 0) is 21.6 Å². The van der Waals surface area contributed by atoms with Gasteiger partial charge in [0.25, 0.3) is 0 Å². The van der Waals surface area contributed by atoms with Crippen LogP contribution in [0.5, 0.6) is 0 Å². The molecule has 1 aliphatic heterocycles. The third kappa shape index (κ3) is 5.49. The fourth-order valence-corrected chi connectivity index (χ4v) is 4.72. The number of rotatable bonds is 8. The first kappa shape index (κ1) is 23.1. The number of aliphatic hydroxyl groups is 1.